The topological polar surface area (TPSA) is 116 Å². The Kier molecular flexibility index (Phi) is 8.34. The number of benzene rings is 1. The molecule has 11 nitrogen and oxygen atoms in total. The minimum atomic E-state index is -1.16. The summed E-state index contributed by atoms with van der Waals surface area (Å²) in [4.78, 5) is 30.5. The van der Waals surface area contributed by atoms with Crippen molar-refractivity contribution in [3.8, 4) is 16.9 Å². The summed E-state index contributed by atoms with van der Waals surface area (Å²) in [6, 6.07) is 12.7. The molecule has 12 heteroatoms. The third-order valence-corrected chi connectivity index (χ3v) is 8.73. The number of nitrogens with zero attached hydrogens (tertiary/aromatic N) is 6. The van der Waals surface area contributed by atoms with E-state index in [9.17, 15) is 9.59 Å². The van der Waals surface area contributed by atoms with Gasteiger partial charge in [-0.05, 0) is 42.3 Å². The van der Waals surface area contributed by atoms with Crippen LogP contribution in [0.25, 0.3) is 28.0 Å². The van der Waals surface area contributed by atoms with E-state index in [1.165, 1.54) is 6.92 Å². The van der Waals surface area contributed by atoms with Crippen LogP contribution in [0.15, 0.2) is 48.8 Å². The average Bonchev–Trinajstić information content (AvgIpc) is 3.58. The number of fused-ring (bicyclic) bond motifs is 1. The van der Waals surface area contributed by atoms with Crippen LogP contribution < -0.4 is 10.2 Å². The Balaban J connectivity index is 1.49. The number of hydrogen-bond acceptors (Lipinski definition) is 8. The van der Waals surface area contributed by atoms with E-state index in [2.05, 4.69) is 47.9 Å². The number of ether oxygens (including phenoxy) is 2. The van der Waals surface area contributed by atoms with Gasteiger partial charge in [0.05, 0.1) is 25.5 Å². The third kappa shape index (κ3) is 6.72. The molecule has 4 heterocycles. The number of carbonyl (C=O) groups is 2. The molecular weight excluding hydrogens is 538 g/mol. The Bertz CT molecular complexity index is 1540. The lowest BCUT2D eigenvalue weighted by Gasteiger charge is -2.34. The summed E-state index contributed by atoms with van der Waals surface area (Å²) in [5.41, 5.74) is 3.12. The van der Waals surface area contributed by atoms with Gasteiger partial charge in [0.25, 0.3) is 5.91 Å². The number of nitrogens with one attached hydrogen (secondary N) is 1. The molecule has 1 fully saturated rings. The fourth-order valence-electron chi connectivity index (χ4n) is 4.63. The van der Waals surface area contributed by atoms with E-state index >= 15 is 0 Å². The summed E-state index contributed by atoms with van der Waals surface area (Å²) in [7, 11) is -1.16. The fourth-order valence-corrected chi connectivity index (χ4v) is 5.39. The highest BCUT2D eigenvalue weighted by Gasteiger charge is 2.24. The maximum Gasteiger partial charge on any atom is 0.291 e. The Morgan fingerprint density at radius 2 is 1.93 bits per heavy atom. The molecule has 4 aromatic rings. The monoisotopic (exact) mass is 575 g/mol. The van der Waals surface area contributed by atoms with Crippen LogP contribution in [-0.4, -0.2) is 76.7 Å². The van der Waals surface area contributed by atoms with E-state index in [1.807, 2.05) is 24.4 Å². The number of ketones is 1. The van der Waals surface area contributed by atoms with Crippen molar-refractivity contribution in [1.82, 2.24) is 24.5 Å². The van der Waals surface area contributed by atoms with E-state index in [1.54, 1.807) is 27.7 Å². The van der Waals surface area contributed by atoms with Crippen LogP contribution in [0.2, 0.25) is 25.7 Å². The average molecular weight is 576 g/mol. The molecule has 1 saturated heterocycles. The Hall–Kier alpha value is -3.87. The van der Waals surface area contributed by atoms with Crippen LogP contribution in [0.5, 0.6) is 0 Å². The number of carbonyl (C=O) groups excluding carboxylic acids is 2. The minimum Gasteiger partial charge on any atom is -0.377 e. The number of Topliss-reactive ketones (excluding diaryl/α,β-unsaturated/α-hetero) is 1. The summed E-state index contributed by atoms with van der Waals surface area (Å²) in [5.74, 6) is 0.298. The molecule has 5 rings (SSSR count). The summed E-state index contributed by atoms with van der Waals surface area (Å²) in [6.07, 6.45) is 3.69. The summed E-state index contributed by atoms with van der Waals surface area (Å²) in [5, 5.41) is 12.9. The largest absolute Gasteiger partial charge is 0.377 e. The predicted molar refractivity (Wildman–Crippen MR) is 161 cm³/mol. The van der Waals surface area contributed by atoms with Crippen molar-refractivity contribution in [1.29, 1.82) is 0 Å². The second-order valence-corrected chi connectivity index (χ2v) is 17.2. The second-order valence-electron chi connectivity index (χ2n) is 11.6. The molecule has 0 bridgehead atoms. The molecule has 1 aliphatic rings. The van der Waals surface area contributed by atoms with Gasteiger partial charge in [0.15, 0.2) is 11.5 Å². The van der Waals surface area contributed by atoms with Gasteiger partial charge in [0.2, 0.25) is 5.78 Å². The normalized spacial score (nSPS) is 15.8. The number of anilines is 2. The summed E-state index contributed by atoms with van der Waals surface area (Å²) >= 11 is 0. The molecule has 1 N–H and O–H groups in total. The summed E-state index contributed by atoms with van der Waals surface area (Å²) < 4.78 is 15.1. The van der Waals surface area contributed by atoms with Crippen LogP contribution in [0.3, 0.4) is 0 Å². The van der Waals surface area contributed by atoms with Gasteiger partial charge in [0, 0.05) is 51.5 Å². The van der Waals surface area contributed by atoms with Crippen molar-refractivity contribution in [2.75, 3.05) is 36.6 Å². The first kappa shape index (κ1) is 28.6. The lowest BCUT2D eigenvalue weighted by Crippen LogP contribution is -2.44. The van der Waals surface area contributed by atoms with E-state index in [0.717, 1.165) is 41.5 Å². The van der Waals surface area contributed by atoms with Crippen LogP contribution >= 0.6 is 0 Å². The van der Waals surface area contributed by atoms with Crippen LogP contribution in [-0.2, 0) is 25.8 Å². The molecule has 0 spiro atoms. The van der Waals surface area contributed by atoms with Gasteiger partial charge in [0.1, 0.15) is 12.5 Å². The summed E-state index contributed by atoms with van der Waals surface area (Å²) in [6.45, 7) is 13.5. The number of morpholine rings is 1. The zero-order valence-corrected chi connectivity index (χ0v) is 25.3. The lowest BCUT2D eigenvalue weighted by atomic mass is 10.0. The van der Waals surface area contributed by atoms with Crippen molar-refractivity contribution in [3.05, 3.63) is 48.8 Å². The molecular formula is C29H37N7O4Si. The van der Waals surface area contributed by atoms with E-state index < -0.39 is 19.8 Å². The van der Waals surface area contributed by atoms with Gasteiger partial charge in [-0.25, -0.2) is 9.67 Å². The first-order valence-electron chi connectivity index (χ1n) is 13.9. The first-order valence-corrected chi connectivity index (χ1v) is 17.6. The molecule has 1 amide bonds. The van der Waals surface area contributed by atoms with Crippen molar-refractivity contribution >= 4 is 42.3 Å². The van der Waals surface area contributed by atoms with Gasteiger partial charge in [-0.15, -0.1) is 0 Å². The molecule has 1 aromatic carbocycles. The minimum absolute atomic E-state index is 0.162. The maximum atomic E-state index is 11.8. The predicted octanol–water partition coefficient (Wildman–Crippen LogP) is 4.35. The zero-order valence-electron chi connectivity index (χ0n) is 24.3. The smallest absolute Gasteiger partial charge is 0.291 e. The Labute approximate surface area is 240 Å². The zero-order chi connectivity index (χ0) is 29.1. The number of hydrogen-bond donors (Lipinski definition) is 1. The number of amides is 1. The van der Waals surface area contributed by atoms with Crippen LogP contribution in [0, 0.1) is 0 Å². The van der Waals surface area contributed by atoms with Crippen molar-refractivity contribution in [2.45, 2.75) is 52.3 Å². The van der Waals surface area contributed by atoms with Gasteiger partial charge in [-0.3, -0.25) is 9.59 Å². The van der Waals surface area contributed by atoms with Crippen molar-refractivity contribution in [2.24, 2.45) is 0 Å². The van der Waals surface area contributed by atoms with Gasteiger partial charge in [-0.2, -0.15) is 14.9 Å². The van der Waals surface area contributed by atoms with Gasteiger partial charge >= 0.3 is 0 Å². The maximum absolute atomic E-state index is 11.8. The number of rotatable bonds is 10. The van der Waals surface area contributed by atoms with Crippen molar-refractivity contribution in [3.63, 3.8) is 0 Å². The number of pyridine rings is 1. The molecule has 1 unspecified atom stereocenters. The fraction of sp³-hybridized carbons (Fsp3) is 0.414. The standard InChI is InChI=1S/C29H37N7O4Si/c1-20-18-39-13-12-35(20)27-16-24(22-6-8-23(9-7-22)31-29(38)21(2)37)25-17-30-36(28(25)32-27)26-10-11-34(33-26)19-40-14-15-41(3,4)5/h6-11,16-17,20H,12-15,18-19H2,1-5H3,(H,31,38). The molecule has 0 saturated carbocycles. The molecule has 216 valence electrons. The lowest BCUT2D eigenvalue weighted by molar-refractivity contribution is -0.133. The SMILES string of the molecule is CC(=O)C(=O)Nc1ccc(-c2cc(N3CCOCC3C)nc3c2cnn3-c2ccn(COCC[Si](C)(C)C)n2)cc1. The Morgan fingerprint density at radius 3 is 2.63 bits per heavy atom. The first-order chi connectivity index (χ1) is 19.6. The second kappa shape index (κ2) is 11.9. The highest BCUT2D eigenvalue weighted by atomic mass is 28.3. The molecule has 0 radical (unpaired) electrons. The van der Waals surface area contributed by atoms with E-state index in [4.69, 9.17) is 19.6 Å². The van der Waals surface area contributed by atoms with Gasteiger partial charge < -0.3 is 19.7 Å². The van der Waals surface area contributed by atoms with Gasteiger partial charge in [-0.1, -0.05) is 31.8 Å². The molecule has 0 aliphatic carbocycles. The molecule has 41 heavy (non-hydrogen) atoms. The van der Waals surface area contributed by atoms with E-state index in [-0.39, 0.29) is 6.04 Å². The van der Waals surface area contributed by atoms with E-state index in [0.29, 0.717) is 37.1 Å². The van der Waals surface area contributed by atoms with Crippen molar-refractivity contribution < 1.29 is 19.1 Å². The quantitative estimate of drug-likeness (QED) is 0.169. The third-order valence-electron chi connectivity index (χ3n) is 7.03. The molecule has 3 aromatic heterocycles. The highest BCUT2D eigenvalue weighted by Crippen LogP contribution is 2.34. The van der Waals surface area contributed by atoms with Crippen LogP contribution in [0.4, 0.5) is 11.5 Å². The molecule has 1 atom stereocenters. The Morgan fingerprint density at radius 1 is 1.15 bits per heavy atom. The molecule has 1 aliphatic heterocycles. The highest BCUT2D eigenvalue weighted by molar-refractivity contribution is 6.76. The number of aromatic nitrogens is 5. The van der Waals surface area contributed by atoms with Crippen LogP contribution in [0.1, 0.15) is 13.8 Å².